The van der Waals surface area contributed by atoms with Crippen molar-refractivity contribution in [3.8, 4) is 0 Å². The van der Waals surface area contributed by atoms with Gasteiger partial charge in [0.25, 0.3) is 0 Å². The molecule has 0 N–H and O–H groups in total. The Bertz CT molecular complexity index is 1140. The zero-order chi connectivity index (χ0) is 47.2. The van der Waals surface area contributed by atoms with Crippen molar-refractivity contribution in [1.82, 2.24) is 0 Å². The van der Waals surface area contributed by atoms with Crippen LogP contribution >= 0.6 is 0 Å². The van der Waals surface area contributed by atoms with Crippen LogP contribution in [0, 0.1) is 0 Å². The molecule has 0 unspecified atom stereocenters. The molecule has 0 aromatic heterocycles. The van der Waals surface area contributed by atoms with Crippen LogP contribution in [0.15, 0.2) is 48.6 Å². The van der Waals surface area contributed by atoms with Gasteiger partial charge in [0.1, 0.15) is 13.2 Å². The first-order valence-corrected chi connectivity index (χ1v) is 28.1. The summed E-state index contributed by atoms with van der Waals surface area (Å²) in [6.07, 6.45) is 65.2. The highest BCUT2D eigenvalue weighted by atomic mass is 16.6. The minimum Gasteiger partial charge on any atom is -0.462 e. The average Bonchev–Trinajstić information content (AvgIpc) is 3.30. The summed E-state index contributed by atoms with van der Waals surface area (Å²) in [5, 5.41) is 0. The maximum atomic E-state index is 12.8. The number of hydrogen-bond donors (Lipinski definition) is 0. The topological polar surface area (TPSA) is 78.9 Å². The van der Waals surface area contributed by atoms with Gasteiger partial charge in [-0.25, -0.2) is 0 Å². The van der Waals surface area contributed by atoms with Gasteiger partial charge in [0.15, 0.2) is 6.10 Å². The maximum absolute atomic E-state index is 12.8. The van der Waals surface area contributed by atoms with E-state index < -0.39 is 6.10 Å². The van der Waals surface area contributed by atoms with Crippen LogP contribution < -0.4 is 0 Å². The molecule has 0 amide bonds. The molecular weight excluding hydrogens is 805 g/mol. The average molecular weight is 911 g/mol. The second-order valence-corrected chi connectivity index (χ2v) is 18.8. The lowest BCUT2D eigenvalue weighted by molar-refractivity contribution is -0.167. The van der Waals surface area contributed by atoms with E-state index in [-0.39, 0.29) is 31.1 Å². The number of hydrogen-bond acceptors (Lipinski definition) is 6. The van der Waals surface area contributed by atoms with Gasteiger partial charge in [0, 0.05) is 19.3 Å². The number of carbonyl (C=O) groups is 3. The minimum absolute atomic E-state index is 0.0821. The summed E-state index contributed by atoms with van der Waals surface area (Å²) in [7, 11) is 0. The molecule has 0 aliphatic heterocycles. The monoisotopic (exact) mass is 911 g/mol. The fraction of sp³-hybridized carbons (Fsp3) is 0.814. The smallest absolute Gasteiger partial charge is 0.306 e. The first-order chi connectivity index (χ1) is 32.0. The van der Waals surface area contributed by atoms with Gasteiger partial charge < -0.3 is 14.2 Å². The third-order valence-corrected chi connectivity index (χ3v) is 12.3. The molecule has 6 heteroatoms. The van der Waals surface area contributed by atoms with Crippen LogP contribution in [0.4, 0.5) is 0 Å². The van der Waals surface area contributed by atoms with Crippen molar-refractivity contribution >= 4 is 17.9 Å². The van der Waals surface area contributed by atoms with E-state index in [0.717, 1.165) is 89.9 Å². The summed E-state index contributed by atoms with van der Waals surface area (Å²) in [6.45, 7) is 6.61. The Hall–Kier alpha value is -2.63. The maximum Gasteiger partial charge on any atom is 0.306 e. The zero-order valence-corrected chi connectivity index (χ0v) is 43.3. The number of rotatable bonds is 51. The van der Waals surface area contributed by atoms with Crippen molar-refractivity contribution in [2.24, 2.45) is 0 Å². The Morgan fingerprint density at radius 2 is 0.554 bits per heavy atom. The fourth-order valence-electron chi connectivity index (χ4n) is 8.03. The highest BCUT2D eigenvalue weighted by molar-refractivity contribution is 5.71. The lowest BCUT2D eigenvalue weighted by Gasteiger charge is -2.18. The van der Waals surface area contributed by atoms with E-state index >= 15 is 0 Å². The lowest BCUT2D eigenvalue weighted by Crippen LogP contribution is -2.30. The predicted molar refractivity (Wildman–Crippen MR) is 279 cm³/mol. The quantitative estimate of drug-likeness (QED) is 0.0262. The molecule has 0 aromatic carbocycles. The van der Waals surface area contributed by atoms with Crippen LogP contribution in [0.25, 0.3) is 0 Å². The molecule has 0 radical (unpaired) electrons. The molecule has 1 atom stereocenters. The highest BCUT2D eigenvalue weighted by Gasteiger charge is 2.19. The standard InChI is InChI=1S/C59H106O6/c1-4-7-10-13-16-19-22-25-28-30-32-34-37-40-43-46-49-52-58(61)64-55-56(54-63-57(60)51-48-45-42-39-36-33-27-24-21-18-15-12-9-6-3)65-59(62)53-50-47-44-41-38-35-31-29-26-23-20-17-14-11-8-5-2/h16,19,24-25,27-28,32,34,56H,4-15,17-18,20-23,26,29-31,33,35-55H2,1-3H3/b19-16+,27-24+,28-25+,34-32+/t56-/m1/s1. The summed E-state index contributed by atoms with van der Waals surface area (Å²) < 4.78 is 16.8. The molecule has 0 rings (SSSR count). The highest BCUT2D eigenvalue weighted by Crippen LogP contribution is 2.16. The van der Waals surface area contributed by atoms with Crippen molar-refractivity contribution in [1.29, 1.82) is 0 Å². The molecule has 0 aliphatic carbocycles. The summed E-state index contributed by atoms with van der Waals surface area (Å²) in [4.78, 5) is 38.1. The minimum atomic E-state index is -0.783. The largest absolute Gasteiger partial charge is 0.462 e. The van der Waals surface area contributed by atoms with Crippen LogP contribution in [-0.2, 0) is 28.6 Å². The van der Waals surface area contributed by atoms with Gasteiger partial charge in [-0.1, -0.05) is 236 Å². The van der Waals surface area contributed by atoms with Gasteiger partial charge in [0.05, 0.1) is 0 Å². The Labute approximate surface area is 403 Å². The molecule has 0 heterocycles. The summed E-state index contributed by atoms with van der Waals surface area (Å²) >= 11 is 0. The first-order valence-electron chi connectivity index (χ1n) is 28.1. The molecule has 0 saturated heterocycles. The number of esters is 3. The van der Waals surface area contributed by atoms with Crippen molar-refractivity contribution < 1.29 is 28.6 Å². The molecule has 0 aliphatic rings. The van der Waals surface area contributed by atoms with Gasteiger partial charge in [-0.05, 0) is 83.5 Å². The van der Waals surface area contributed by atoms with Crippen LogP contribution in [0.2, 0.25) is 0 Å². The second kappa shape index (κ2) is 54.0. The molecular formula is C59H106O6. The van der Waals surface area contributed by atoms with E-state index in [4.69, 9.17) is 14.2 Å². The van der Waals surface area contributed by atoms with Crippen LogP contribution in [-0.4, -0.2) is 37.2 Å². The molecule has 6 nitrogen and oxygen atoms in total. The molecule has 378 valence electrons. The lowest BCUT2D eigenvalue weighted by atomic mass is 10.0. The summed E-state index contributed by atoms with van der Waals surface area (Å²) in [6, 6.07) is 0. The number of carbonyl (C=O) groups excluding carboxylic acids is 3. The molecule has 0 bridgehead atoms. The summed E-state index contributed by atoms with van der Waals surface area (Å²) in [5.74, 6) is -0.899. The van der Waals surface area contributed by atoms with Crippen LogP contribution in [0.5, 0.6) is 0 Å². The van der Waals surface area contributed by atoms with Crippen molar-refractivity contribution in [2.45, 2.75) is 297 Å². The predicted octanol–water partition coefficient (Wildman–Crippen LogP) is 18.7. The van der Waals surface area contributed by atoms with Crippen LogP contribution in [0.3, 0.4) is 0 Å². The Balaban J connectivity index is 4.40. The van der Waals surface area contributed by atoms with Gasteiger partial charge >= 0.3 is 17.9 Å². The van der Waals surface area contributed by atoms with Crippen molar-refractivity contribution in [3.63, 3.8) is 0 Å². The van der Waals surface area contributed by atoms with Gasteiger partial charge in [0.2, 0.25) is 0 Å². The number of unbranched alkanes of at least 4 members (excludes halogenated alkanes) is 32. The van der Waals surface area contributed by atoms with E-state index in [1.807, 2.05) is 0 Å². The SMILES string of the molecule is CCCCC/C=C/C/C=C/C/C=C/CCCCCCC(=O)OC[C@@H](COC(=O)CCCCCCC/C=C/CCCCCCC)OC(=O)CCCCCCCCCCCCCCCCCC. The summed E-state index contributed by atoms with van der Waals surface area (Å²) in [5.41, 5.74) is 0. The van der Waals surface area contributed by atoms with E-state index in [9.17, 15) is 14.4 Å². The number of allylic oxidation sites excluding steroid dienone is 8. The fourth-order valence-corrected chi connectivity index (χ4v) is 8.03. The normalized spacial score (nSPS) is 12.4. The molecule has 0 saturated carbocycles. The molecule has 0 aromatic rings. The van der Waals surface area contributed by atoms with Crippen molar-refractivity contribution in [3.05, 3.63) is 48.6 Å². The Morgan fingerprint density at radius 1 is 0.308 bits per heavy atom. The Kier molecular flexibility index (Phi) is 51.8. The van der Waals surface area contributed by atoms with Crippen LogP contribution in [0.1, 0.15) is 290 Å². The van der Waals surface area contributed by atoms with Gasteiger partial charge in [-0.3, -0.25) is 14.4 Å². The van der Waals surface area contributed by atoms with Gasteiger partial charge in [-0.15, -0.1) is 0 Å². The molecule has 0 fully saturated rings. The zero-order valence-electron chi connectivity index (χ0n) is 43.3. The Morgan fingerprint density at radius 3 is 0.908 bits per heavy atom. The van der Waals surface area contributed by atoms with E-state index in [2.05, 4.69) is 69.4 Å². The van der Waals surface area contributed by atoms with E-state index in [1.165, 1.54) is 161 Å². The molecule has 65 heavy (non-hydrogen) atoms. The van der Waals surface area contributed by atoms with Gasteiger partial charge in [-0.2, -0.15) is 0 Å². The third-order valence-electron chi connectivity index (χ3n) is 12.3. The van der Waals surface area contributed by atoms with E-state index in [1.54, 1.807) is 0 Å². The molecule has 0 spiro atoms. The van der Waals surface area contributed by atoms with Crippen molar-refractivity contribution in [2.75, 3.05) is 13.2 Å². The van der Waals surface area contributed by atoms with E-state index in [0.29, 0.717) is 19.3 Å². The second-order valence-electron chi connectivity index (χ2n) is 18.8. The number of ether oxygens (including phenoxy) is 3. The first kappa shape index (κ1) is 62.4. The third kappa shape index (κ3) is 52.2.